The number of aromatic nitrogens is 4. The summed E-state index contributed by atoms with van der Waals surface area (Å²) >= 11 is 0. The molecule has 0 fully saturated rings. The average Bonchev–Trinajstić information content (AvgIpc) is 3.10. The van der Waals surface area contributed by atoms with Crippen molar-refractivity contribution in [3.8, 4) is 0 Å². The van der Waals surface area contributed by atoms with Gasteiger partial charge in [0.15, 0.2) is 0 Å². The van der Waals surface area contributed by atoms with Crippen molar-refractivity contribution in [2.75, 3.05) is 5.32 Å². The van der Waals surface area contributed by atoms with Gasteiger partial charge in [-0.1, -0.05) is 12.1 Å². The second kappa shape index (κ2) is 5.61. The third-order valence-corrected chi connectivity index (χ3v) is 3.15. The molecule has 0 saturated heterocycles. The Balaban J connectivity index is 1.58. The lowest BCUT2D eigenvalue weighted by Crippen LogP contribution is -2.01. The number of rotatable bonds is 5. The van der Waals surface area contributed by atoms with Gasteiger partial charge in [-0.05, 0) is 29.3 Å². The first-order valence-corrected chi connectivity index (χ1v) is 6.56. The van der Waals surface area contributed by atoms with Crippen molar-refractivity contribution in [3.05, 3.63) is 66.5 Å². The van der Waals surface area contributed by atoms with Crippen molar-refractivity contribution < 1.29 is 0 Å². The Morgan fingerprint density at radius 2 is 1.95 bits per heavy atom. The van der Waals surface area contributed by atoms with Gasteiger partial charge in [-0.25, -0.2) is 9.67 Å². The minimum Gasteiger partial charge on any atom is -0.381 e. The lowest BCUT2D eigenvalue weighted by atomic mass is 10.2. The van der Waals surface area contributed by atoms with E-state index in [1.807, 2.05) is 11.7 Å². The minimum absolute atomic E-state index is 0.749. The van der Waals surface area contributed by atoms with Gasteiger partial charge in [-0.2, -0.15) is 5.10 Å². The highest BCUT2D eigenvalue weighted by Crippen LogP contribution is 2.12. The van der Waals surface area contributed by atoms with Crippen LogP contribution in [0.2, 0.25) is 0 Å². The molecule has 5 heteroatoms. The van der Waals surface area contributed by atoms with E-state index >= 15 is 0 Å². The molecule has 0 aliphatic carbocycles. The topological polar surface area (TPSA) is 47.7 Å². The van der Waals surface area contributed by atoms with Crippen molar-refractivity contribution in [1.29, 1.82) is 0 Å². The van der Waals surface area contributed by atoms with Crippen LogP contribution in [0.25, 0.3) is 0 Å². The molecular weight excluding hydrogens is 250 g/mol. The van der Waals surface area contributed by atoms with Crippen LogP contribution in [-0.2, 0) is 20.1 Å². The van der Waals surface area contributed by atoms with Gasteiger partial charge < -0.3 is 9.88 Å². The number of nitrogens with one attached hydrogen (secondary N) is 1. The quantitative estimate of drug-likeness (QED) is 0.771. The molecule has 2 aromatic heterocycles. The van der Waals surface area contributed by atoms with E-state index in [1.54, 1.807) is 12.7 Å². The van der Waals surface area contributed by atoms with Crippen LogP contribution in [-0.4, -0.2) is 19.3 Å². The summed E-state index contributed by atoms with van der Waals surface area (Å²) in [6.07, 6.45) is 7.45. The Bertz CT molecular complexity index is 652. The Hall–Kier alpha value is -2.56. The number of anilines is 1. The molecule has 3 aromatic rings. The summed E-state index contributed by atoms with van der Waals surface area (Å²) in [7, 11) is 2.03. The monoisotopic (exact) mass is 267 g/mol. The molecule has 1 aromatic carbocycles. The van der Waals surface area contributed by atoms with Crippen molar-refractivity contribution in [2.24, 2.45) is 7.05 Å². The first-order valence-electron chi connectivity index (χ1n) is 6.56. The molecule has 2 heterocycles. The molecule has 102 valence electrons. The predicted octanol–water partition coefficient (Wildman–Crippen LogP) is 2.28. The highest BCUT2D eigenvalue weighted by molar-refractivity contribution is 5.45. The Labute approximate surface area is 117 Å². The fourth-order valence-corrected chi connectivity index (χ4v) is 2.10. The van der Waals surface area contributed by atoms with Crippen molar-refractivity contribution in [2.45, 2.75) is 13.1 Å². The molecule has 0 atom stereocenters. The van der Waals surface area contributed by atoms with Crippen molar-refractivity contribution in [1.82, 2.24) is 19.3 Å². The molecule has 5 nitrogen and oxygen atoms in total. The van der Waals surface area contributed by atoms with E-state index in [-0.39, 0.29) is 0 Å². The molecule has 0 bridgehead atoms. The Kier molecular flexibility index (Phi) is 3.50. The SMILES string of the molecule is Cn1ccc(CNc2ccc(Cn3cncn3)cc2)c1. The highest BCUT2D eigenvalue weighted by atomic mass is 15.3. The first kappa shape index (κ1) is 12.5. The molecule has 0 saturated carbocycles. The maximum atomic E-state index is 4.10. The third-order valence-electron chi connectivity index (χ3n) is 3.15. The van der Waals surface area contributed by atoms with Crippen LogP contribution in [0, 0.1) is 0 Å². The van der Waals surface area contributed by atoms with Crippen LogP contribution in [0.4, 0.5) is 5.69 Å². The van der Waals surface area contributed by atoms with E-state index in [2.05, 4.69) is 62.7 Å². The van der Waals surface area contributed by atoms with Gasteiger partial charge in [-0.15, -0.1) is 0 Å². The highest BCUT2D eigenvalue weighted by Gasteiger charge is 1.98. The number of hydrogen-bond donors (Lipinski definition) is 1. The summed E-state index contributed by atoms with van der Waals surface area (Å²) in [4.78, 5) is 3.94. The molecule has 0 unspecified atom stereocenters. The molecule has 20 heavy (non-hydrogen) atoms. The van der Waals surface area contributed by atoms with Crippen LogP contribution in [0.3, 0.4) is 0 Å². The van der Waals surface area contributed by atoms with Crippen LogP contribution >= 0.6 is 0 Å². The van der Waals surface area contributed by atoms with E-state index in [0.29, 0.717) is 0 Å². The summed E-state index contributed by atoms with van der Waals surface area (Å²) in [6.45, 7) is 1.59. The van der Waals surface area contributed by atoms with Crippen molar-refractivity contribution in [3.63, 3.8) is 0 Å². The lowest BCUT2D eigenvalue weighted by molar-refractivity contribution is 0.685. The smallest absolute Gasteiger partial charge is 0.137 e. The average molecular weight is 267 g/mol. The van der Waals surface area contributed by atoms with Crippen LogP contribution in [0.1, 0.15) is 11.1 Å². The minimum atomic E-state index is 0.749. The molecule has 1 N–H and O–H groups in total. The summed E-state index contributed by atoms with van der Waals surface area (Å²) in [6, 6.07) is 10.5. The van der Waals surface area contributed by atoms with Gasteiger partial charge in [0, 0.05) is 31.7 Å². The zero-order valence-electron chi connectivity index (χ0n) is 11.4. The normalized spacial score (nSPS) is 10.7. The molecule has 0 aliphatic heterocycles. The second-order valence-electron chi connectivity index (χ2n) is 4.83. The van der Waals surface area contributed by atoms with Gasteiger partial charge in [0.05, 0.1) is 6.54 Å². The zero-order chi connectivity index (χ0) is 13.8. The molecule has 0 radical (unpaired) electrons. The van der Waals surface area contributed by atoms with E-state index in [1.165, 1.54) is 11.1 Å². The number of hydrogen-bond acceptors (Lipinski definition) is 3. The lowest BCUT2D eigenvalue weighted by Gasteiger charge is -2.06. The first-order chi connectivity index (χ1) is 9.79. The summed E-state index contributed by atoms with van der Waals surface area (Å²) in [5.41, 5.74) is 3.61. The predicted molar refractivity (Wildman–Crippen MR) is 78.3 cm³/mol. The second-order valence-corrected chi connectivity index (χ2v) is 4.83. The fourth-order valence-electron chi connectivity index (χ4n) is 2.10. The standard InChI is InChI=1S/C15H17N5/c1-19-7-6-14(9-19)8-17-15-4-2-13(3-5-15)10-20-12-16-11-18-20/h2-7,9,11-12,17H,8,10H2,1H3. The molecular formula is C15H17N5. The largest absolute Gasteiger partial charge is 0.381 e. The maximum absolute atomic E-state index is 4.10. The Morgan fingerprint density at radius 3 is 2.60 bits per heavy atom. The zero-order valence-corrected chi connectivity index (χ0v) is 11.4. The fraction of sp³-hybridized carbons (Fsp3) is 0.200. The summed E-state index contributed by atoms with van der Waals surface area (Å²) in [5, 5.41) is 7.51. The van der Waals surface area contributed by atoms with Gasteiger partial charge in [0.25, 0.3) is 0 Å². The molecule has 0 spiro atoms. The number of nitrogens with zero attached hydrogens (tertiary/aromatic N) is 4. The molecule has 3 rings (SSSR count). The third kappa shape index (κ3) is 3.06. The van der Waals surface area contributed by atoms with Gasteiger partial charge in [-0.3, -0.25) is 0 Å². The van der Waals surface area contributed by atoms with Crippen LogP contribution < -0.4 is 5.32 Å². The Morgan fingerprint density at radius 1 is 1.10 bits per heavy atom. The summed E-state index contributed by atoms with van der Waals surface area (Å²) in [5.74, 6) is 0. The number of benzene rings is 1. The number of aryl methyl sites for hydroxylation is 1. The van der Waals surface area contributed by atoms with Crippen LogP contribution in [0.5, 0.6) is 0 Å². The van der Waals surface area contributed by atoms with E-state index in [0.717, 1.165) is 18.8 Å². The van der Waals surface area contributed by atoms with Crippen molar-refractivity contribution >= 4 is 5.69 Å². The van der Waals surface area contributed by atoms with E-state index in [4.69, 9.17) is 0 Å². The maximum Gasteiger partial charge on any atom is 0.137 e. The molecule has 0 aliphatic rings. The van der Waals surface area contributed by atoms with Gasteiger partial charge in [0.2, 0.25) is 0 Å². The molecule has 0 amide bonds. The van der Waals surface area contributed by atoms with E-state index < -0.39 is 0 Å². The van der Waals surface area contributed by atoms with Crippen LogP contribution in [0.15, 0.2) is 55.4 Å². The summed E-state index contributed by atoms with van der Waals surface area (Å²) < 4.78 is 3.87. The van der Waals surface area contributed by atoms with Gasteiger partial charge in [0.1, 0.15) is 12.7 Å². The van der Waals surface area contributed by atoms with E-state index in [9.17, 15) is 0 Å². The van der Waals surface area contributed by atoms with Gasteiger partial charge >= 0.3 is 0 Å².